The van der Waals surface area contributed by atoms with Crippen LogP contribution in [0.25, 0.3) is 0 Å². The lowest BCUT2D eigenvalue weighted by Gasteiger charge is -2.03. The van der Waals surface area contributed by atoms with Crippen molar-refractivity contribution in [1.29, 1.82) is 0 Å². The van der Waals surface area contributed by atoms with E-state index in [9.17, 15) is 9.32 Å². The normalized spacial score (nSPS) is 12.3. The Balaban J connectivity index is 2.42. The summed E-state index contributed by atoms with van der Waals surface area (Å²) in [6, 6.07) is 15.8. The summed E-state index contributed by atoms with van der Waals surface area (Å²) in [5.41, 5.74) is 0. The number of hydrogen-bond donors (Lipinski definition) is 1. The fourth-order valence-electron chi connectivity index (χ4n) is 1.28. The summed E-state index contributed by atoms with van der Waals surface area (Å²) in [5, 5.41) is 9.55. The van der Waals surface area contributed by atoms with Crippen LogP contribution in [-0.2, 0) is 10.8 Å². The number of hydrogen-bond acceptors (Lipinski definition) is 2. The Bertz CT molecular complexity index is 480. The van der Waals surface area contributed by atoms with Crippen molar-refractivity contribution >= 4 is 10.8 Å². The van der Waals surface area contributed by atoms with E-state index < -0.39 is 10.8 Å². The molecule has 0 saturated heterocycles. The van der Waals surface area contributed by atoms with Crippen LogP contribution in [0.15, 0.2) is 64.4 Å². The fraction of sp³-hybridized carbons (Fsp3) is 0. The second-order valence-corrected chi connectivity index (χ2v) is 4.50. The van der Waals surface area contributed by atoms with Gasteiger partial charge in [-0.05, 0) is 24.3 Å². The van der Waals surface area contributed by atoms with Gasteiger partial charge >= 0.3 is 0 Å². The summed E-state index contributed by atoms with van der Waals surface area (Å²) in [6.45, 7) is 0. The molecule has 2 rings (SSSR count). The minimum absolute atomic E-state index is 0.0692. The van der Waals surface area contributed by atoms with E-state index in [0.717, 1.165) is 0 Å². The third-order valence-electron chi connectivity index (χ3n) is 2.02. The molecule has 0 aliphatic heterocycles. The van der Waals surface area contributed by atoms with Crippen LogP contribution in [0.5, 0.6) is 5.75 Å². The average molecular weight is 218 g/mol. The number of para-hydroxylation sites is 1. The molecule has 1 unspecified atom stereocenters. The van der Waals surface area contributed by atoms with Crippen LogP contribution in [0, 0.1) is 0 Å². The topological polar surface area (TPSA) is 37.3 Å². The molecule has 0 spiro atoms. The lowest BCUT2D eigenvalue weighted by atomic mass is 10.3. The van der Waals surface area contributed by atoms with Crippen LogP contribution < -0.4 is 0 Å². The Morgan fingerprint density at radius 2 is 1.47 bits per heavy atom. The van der Waals surface area contributed by atoms with Crippen molar-refractivity contribution in [2.24, 2.45) is 0 Å². The molecule has 0 radical (unpaired) electrons. The molecule has 0 fully saturated rings. The molecule has 0 aliphatic rings. The van der Waals surface area contributed by atoms with Gasteiger partial charge in [-0.2, -0.15) is 0 Å². The first kappa shape index (κ1) is 9.93. The molecule has 2 nitrogen and oxygen atoms in total. The molecule has 15 heavy (non-hydrogen) atoms. The lowest BCUT2D eigenvalue weighted by molar-refractivity contribution is 0.461. The second kappa shape index (κ2) is 4.28. The SMILES string of the molecule is O=S(c1ccccc1)c1ccccc1O. The zero-order chi connectivity index (χ0) is 10.7. The van der Waals surface area contributed by atoms with Crippen LogP contribution >= 0.6 is 0 Å². The maximum Gasteiger partial charge on any atom is 0.132 e. The quantitative estimate of drug-likeness (QED) is 0.841. The third kappa shape index (κ3) is 2.07. The minimum Gasteiger partial charge on any atom is -0.507 e. The summed E-state index contributed by atoms with van der Waals surface area (Å²) in [4.78, 5) is 1.14. The molecule has 1 N–H and O–H groups in total. The second-order valence-electron chi connectivity index (χ2n) is 3.05. The largest absolute Gasteiger partial charge is 0.507 e. The Morgan fingerprint density at radius 1 is 0.867 bits per heavy atom. The van der Waals surface area contributed by atoms with Crippen molar-refractivity contribution < 1.29 is 9.32 Å². The maximum atomic E-state index is 12.0. The fourth-order valence-corrected chi connectivity index (χ4v) is 2.40. The molecular formula is C12H10O2S. The van der Waals surface area contributed by atoms with Crippen LogP contribution in [0.1, 0.15) is 0 Å². The molecule has 0 amide bonds. The standard InChI is InChI=1S/C12H10O2S/c13-11-8-4-5-9-12(11)15(14)10-6-2-1-3-7-10/h1-9,13H. The molecule has 2 aromatic carbocycles. The van der Waals surface area contributed by atoms with E-state index in [1.165, 1.54) is 6.07 Å². The lowest BCUT2D eigenvalue weighted by Crippen LogP contribution is -1.92. The van der Waals surface area contributed by atoms with Gasteiger partial charge in [0.25, 0.3) is 0 Å². The highest BCUT2D eigenvalue weighted by molar-refractivity contribution is 7.85. The Labute approximate surface area is 90.7 Å². The molecule has 0 aliphatic carbocycles. The van der Waals surface area contributed by atoms with Gasteiger partial charge in [0, 0.05) is 4.90 Å². The van der Waals surface area contributed by atoms with Crippen molar-refractivity contribution in [2.75, 3.05) is 0 Å². The van der Waals surface area contributed by atoms with Crippen LogP contribution in [0.3, 0.4) is 0 Å². The summed E-state index contributed by atoms with van der Waals surface area (Å²) >= 11 is 0. The highest BCUT2D eigenvalue weighted by Gasteiger charge is 2.09. The van der Waals surface area contributed by atoms with E-state index >= 15 is 0 Å². The smallest absolute Gasteiger partial charge is 0.132 e. The molecule has 0 aromatic heterocycles. The molecule has 0 bridgehead atoms. The zero-order valence-corrected chi connectivity index (χ0v) is 8.78. The number of phenols is 1. The number of aromatic hydroxyl groups is 1. The van der Waals surface area contributed by atoms with Gasteiger partial charge in [0.05, 0.1) is 15.7 Å². The maximum absolute atomic E-state index is 12.0. The number of phenolic OH excluding ortho intramolecular Hbond substituents is 1. The van der Waals surface area contributed by atoms with Gasteiger partial charge in [-0.3, -0.25) is 0 Å². The van der Waals surface area contributed by atoms with Crippen molar-refractivity contribution in [2.45, 2.75) is 9.79 Å². The zero-order valence-electron chi connectivity index (χ0n) is 7.96. The highest BCUT2D eigenvalue weighted by Crippen LogP contribution is 2.24. The summed E-state index contributed by atoms with van der Waals surface area (Å²) in [7, 11) is -1.31. The van der Waals surface area contributed by atoms with Gasteiger partial charge in [0.2, 0.25) is 0 Å². The Morgan fingerprint density at radius 3 is 2.13 bits per heavy atom. The van der Waals surface area contributed by atoms with Gasteiger partial charge in [-0.1, -0.05) is 30.3 Å². The highest BCUT2D eigenvalue weighted by atomic mass is 32.2. The van der Waals surface area contributed by atoms with E-state index in [1.54, 1.807) is 30.3 Å². The van der Waals surface area contributed by atoms with Crippen molar-refractivity contribution in [3.63, 3.8) is 0 Å². The molecule has 0 saturated carbocycles. The van der Waals surface area contributed by atoms with Crippen LogP contribution in [-0.4, -0.2) is 9.32 Å². The average Bonchev–Trinajstić information content (AvgIpc) is 2.30. The van der Waals surface area contributed by atoms with Crippen molar-refractivity contribution in [1.82, 2.24) is 0 Å². The predicted molar refractivity (Wildman–Crippen MR) is 59.2 cm³/mol. The van der Waals surface area contributed by atoms with Gasteiger partial charge in [0.15, 0.2) is 0 Å². The van der Waals surface area contributed by atoms with E-state index in [-0.39, 0.29) is 5.75 Å². The minimum atomic E-state index is -1.31. The van der Waals surface area contributed by atoms with Crippen molar-refractivity contribution in [3.05, 3.63) is 54.6 Å². The predicted octanol–water partition coefficient (Wildman–Crippen LogP) is 2.56. The van der Waals surface area contributed by atoms with E-state index in [0.29, 0.717) is 9.79 Å². The van der Waals surface area contributed by atoms with E-state index in [2.05, 4.69) is 0 Å². The molecule has 2 aromatic rings. The first-order chi connectivity index (χ1) is 7.29. The molecule has 1 atom stereocenters. The first-order valence-corrected chi connectivity index (χ1v) is 5.69. The first-order valence-electron chi connectivity index (χ1n) is 4.54. The van der Waals surface area contributed by atoms with E-state index in [1.807, 2.05) is 18.2 Å². The summed E-state index contributed by atoms with van der Waals surface area (Å²) < 4.78 is 12.0. The Hall–Kier alpha value is -1.61. The Kier molecular flexibility index (Phi) is 2.83. The van der Waals surface area contributed by atoms with Gasteiger partial charge in [-0.15, -0.1) is 0 Å². The van der Waals surface area contributed by atoms with Gasteiger partial charge in [0.1, 0.15) is 5.75 Å². The van der Waals surface area contributed by atoms with Gasteiger partial charge in [-0.25, -0.2) is 4.21 Å². The molecule has 3 heteroatoms. The molecular weight excluding hydrogens is 208 g/mol. The molecule has 0 heterocycles. The number of rotatable bonds is 2. The molecule has 76 valence electrons. The summed E-state index contributed by atoms with van der Waals surface area (Å²) in [6.07, 6.45) is 0. The number of benzene rings is 2. The van der Waals surface area contributed by atoms with Gasteiger partial charge < -0.3 is 5.11 Å². The van der Waals surface area contributed by atoms with Crippen LogP contribution in [0.4, 0.5) is 0 Å². The summed E-state index contributed by atoms with van der Waals surface area (Å²) in [5.74, 6) is 0.0692. The monoisotopic (exact) mass is 218 g/mol. The van der Waals surface area contributed by atoms with E-state index in [4.69, 9.17) is 0 Å². The van der Waals surface area contributed by atoms with Crippen LogP contribution in [0.2, 0.25) is 0 Å². The third-order valence-corrected chi connectivity index (χ3v) is 3.47. The van der Waals surface area contributed by atoms with Crippen molar-refractivity contribution in [3.8, 4) is 5.75 Å².